The van der Waals surface area contributed by atoms with Crippen LogP contribution in [0.5, 0.6) is 0 Å². The number of hydrogen-bond donors (Lipinski definition) is 3. The minimum Gasteiger partial charge on any atom is -0.369 e. The molecule has 1 aromatic rings. The van der Waals surface area contributed by atoms with Crippen LogP contribution >= 0.6 is 23.4 Å². The first kappa shape index (κ1) is 17.2. The van der Waals surface area contributed by atoms with Gasteiger partial charge in [0.15, 0.2) is 0 Å². The molecule has 8 heteroatoms. The Labute approximate surface area is 143 Å². The summed E-state index contributed by atoms with van der Waals surface area (Å²) in [5, 5.41) is 22.9. The molecule has 0 radical (unpaired) electrons. The van der Waals surface area contributed by atoms with Gasteiger partial charge in [0.1, 0.15) is 0 Å². The van der Waals surface area contributed by atoms with E-state index in [2.05, 4.69) is 17.5 Å². The SMILES string of the molecule is N#CC1=C(SCC(N)=O)NC(N)C(C#N)C1c1ccccc1Cl. The summed E-state index contributed by atoms with van der Waals surface area (Å²) in [7, 11) is 0. The van der Waals surface area contributed by atoms with Crippen molar-refractivity contribution in [1.82, 2.24) is 5.32 Å². The third kappa shape index (κ3) is 3.59. The highest BCUT2D eigenvalue weighted by molar-refractivity contribution is 8.03. The lowest BCUT2D eigenvalue weighted by molar-refractivity contribution is -0.115. The second-order valence-electron chi connectivity index (χ2n) is 4.93. The molecule has 1 heterocycles. The van der Waals surface area contributed by atoms with Gasteiger partial charge in [-0.1, -0.05) is 41.6 Å². The van der Waals surface area contributed by atoms with E-state index in [1.807, 2.05) is 0 Å². The van der Waals surface area contributed by atoms with Crippen LogP contribution in [0.2, 0.25) is 5.02 Å². The maximum absolute atomic E-state index is 11.0. The second kappa shape index (κ2) is 7.38. The molecule has 6 nitrogen and oxygen atoms in total. The number of hydrogen-bond acceptors (Lipinski definition) is 6. The smallest absolute Gasteiger partial charge is 0.227 e. The summed E-state index contributed by atoms with van der Waals surface area (Å²) in [6.07, 6.45) is -0.686. The van der Waals surface area contributed by atoms with Gasteiger partial charge in [-0.15, -0.1) is 0 Å². The lowest BCUT2D eigenvalue weighted by Gasteiger charge is -2.35. The first-order valence-corrected chi connectivity index (χ1v) is 8.07. The molecule has 1 aliphatic heterocycles. The summed E-state index contributed by atoms with van der Waals surface area (Å²) in [4.78, 5) is 11.0. The second-order valence-corrected chi connectivity index (χ2v) is 6.33. The van der Waals surface area contributed by atoms with Crippen molar-refractivity contribution >= 4 is 29.3 Å². The van der Waals surface area contributed by atoms with E-state index in [9.17, 15) is 15.3 Å². The molecular formula is C15H14ClN5OS. The van der Waals surface area contributed by atoms with E-state index in [0.717, 1.165) is 11.8 Å². The monoisotopic (exact) mass is 347 g/mol. The van der Waals surface area contributed by atoms with Crippen LogP contribution in [0.15, 0.2) is 34.9 Å². The maximum Gasteiger partial charge on any atom is 0.227 e. The predicted octanol–water partition coefficient (Wildman–Crippen LogP) is 1.41. The fourth-order valence-corrected chi connectivity index (χ4v) is 3.55. The van der Waals surface area contributed by atoms with E-state index in [4.69, 9.17) is 23.1 Å². The number of rotatable bonds is 4. The van der Waals surface area contributed by atoms with Crippen molar-refractivity contribution in [1.29, 1.82) is 10.5 Å². The number of thioether (sulfide) groups is 1. The zero-order valence-electron chi connectivity index (χ0n) is 12.0. The number of nitrogens with two attached hydrogens (primary N) is 2. The van der Waals surface area contributed by atoms with Crippen LogP contribution in [0.3, 0.4) is 0 Å². The topological polar surface area (TPSA) is 129 Å². The number of nitriles is 2. The van der Waals surface area contributed by atoms with Crippen molar-refractivity contribution in [2.45, 2.75) is 12.1 Å². The van der Waals surface area contributed by atoms with Crippen LogP contribution < -0.4 is 16.8 Å². The molecule has 0 fully saturated rings. The molecule has 118 valence electrons. The van der Waals surface area contributed by atoms with E-state index in [0.29, 0.717) is 21.2 Å². The van der Waals surface area contributed by atoms with Gasteiger partial charge in [-0.2, -0.15) is 10.5 Å². The van der Waals surface area contributed by atoms with Gasteiger partial charge < -0.3 is 16.8 Å². The standard InChI is InChI=1S/C15H14ClN5OS/c16-11-4-2-1-3-8(11)13-9(5-17)14(20)21-15(10(13)6-18)23-7-12(19)22/h1-4,9,13-14,21H,7,20H2,(H2,19,22). The van der Waals surface area contributed by atoms with Crippen LogP contribution in [0, 0.1) is 28.6 Å². The zero-order valence-corrected chi connectivity index (χ0v) is 13.6. The van der Waals surface area contributed by atoms with Gasteiger partial charge >= 0.3 is 0 Å². The normalized spacial score (nSPS) is 23.6. The van der Waals surface area contributed by atoms with Crippen molar-refractivity contribution in [2.24, 2.45) is 17.4 Å². The van der Waals surface area contributed by atoms with E-state index in [1.54, 1.807) is 24.3 Å². The maximum atomic E-state index is 11.0. The van der Waals surface area contributed by atoms with Gasteiger partial charge in [0.25, 0.3) is 0 Å². The molecule has 0 spiro atoms. The zero-order chi connectivity index (χ0) is 17.0. The Balaban J connectivity index is 2.55. The average molecular weight is 348 g/mol. The summed E-state index contributed by atoms with van der Waals surface area (Å²) in [6.45, 7) is 0. The van der Waals surface area contributed by atoms with Gasteiger partial charge in [-0.25, -0.2) is 0 Å². The van der Waals surface area contributed by atoms with Crippen LogP contribution in [0.1, 0.15) is 11.5 Å². The summed E-state index contributed by atoms with van der Waals surface area (Å²) >= 11 is 7.34. The average Bonchev–Trinajstić information content (AvgIpc) is 2.52. The van der Waals surface area contributed by atoms with Crippen molar-refractivity contribution in [3.8, 4) is 12.1 Å². The first-order valence-electron chi connectivity index (χ1n) is 6.71. The van der Waals surface area contributed by atoms with Crippen molar-refractivity contribution in [3.05, 3.63) is 45.5 Å². The summed E-state index contributed by atoms with van der Waals surface area (Å²) in [5.41, 5.74) is 12.2. The minimum absolute atomic E-state index is 0.00664. The number of primary amides is 1. The summed E-state index contributed by atoms with van der Waals surface area (Å²) < 4.78 is 0. The number of nitrogens with one attached hydrogen (secondary N) is 1. The molecule has 0 saturated heterocycles. The fraction of sp³-hybridized carbons (Fsp3) is 0.267. The molecule has 2 rings (SSSR count). The van der Waals surface area contributed by atoms with E-state index < -0.39 is 23.9 Å². The van der Waals surface area contributed by atoms with Gasteiger partial charge in [0.2, 0.25) is 5.91 Å². The van der Waals surface area contributed by atoms with E-state index >= 15 is 0 Å². The van der Waals surface area contributed by atoms with Crippen molar-refractivity contribution in [2.75, 3.05) is 5.75 Å². The third-order valence-electron chi connectivity index (χ3n) is 3.47. The molecule has 1 aromatic carbocycles. The number of halogens is 1. The van der Waals surface area contributed by atoms with Crippen LogP contribution in [0.4, 0.5) is 0 Å². The van der Waals surface area contributed by atoms with Crippen LogP contribution in [-0.4, -0.2) is 17.8 Å². The summed E-state index contributed by atoms with van der Waals surface area (Å²) in [6, 6.07) is 11.3. The largest absolute Gasteiger partial charge is 0.369 e. The Kier molecular flexibility index (Phi) is 5.51. The molecular weight excluding hydrogens is 334 g/mol. The molecule has 1 aliphatic rings. The highest BCUT2D eigenvalue weighted by Gasteiger charge is 2.39. The van der Waals surface area contributed by atoms with E-state index in [-0.39, 0.29) is 5.75 Å². The molecule has 3 unspecified atom stereocenters. The number of benzene rings is 1. The molecule has 5 N–H and O–H groups in total. The molecule has 3 atom stereocenters. The third-order valence-corrected chi connectivity index (χ3v) is 4.87. The molecule has 0 aromatic heterocycles. The van der Waals surface area contributed by atoms with Gasteiger partial charge in [0, 0.05) is 10.9 Å². The first-order chi connectivity index (χ1) is 11.0. The molecule has 1 amide bonds. The highest BCUT2D eigenvalue weighted by atomic mass is 35.5. The van der Waals surface area contributed by atoms with Crippen molar-refractivity contribution < 1.29 is 4.79 Å². The number of carbonyl (C=O) groups excluding carboxylic acids is 1. The minimum atomic E-state index is -0.686. The molecule has 0 saturated carbocycles. The Hall–Kier alpha value is -2.19. The molecule has 0 aliphatic carbocycles. The van der Waals surface area contributed by atoms with Gasteiger partial charge in [-0.3, -0.25) is 4.79 Å². The number of allylic oxidation sites excluding steroid dienone is 1. The number of nitrogens with zero attached hydrogens (tertiary/aromatic N) is 2. The Bertz CT molecular complexity index is 736. The van der Waals surface area contributed by atoms with Crippen molar-refractivity contribution in [3.63, 3.8) is 0 Å². The Morgan fingerprint density at radius 1 is 1.39 bits per heavy atom. The lowest BCUT2D eigenvalue weighted by atomic mass is 9.78. The fourth-order valence-electron chi connectivity index (χ4n) is 2.46. The number of carbonyl (C=O) groups is 1. The Morgan fingerprint density at radius 3 is 2.65 bits per heavy atom. The van der Waals surface area contributed by atoms with Crippen LogP contribution in [0.25, 0.3) is 0 Å². The lowest BCUT2D eigenvalue weighted by Crippen LogP contribution is -2.49. The Morgan fingerprint density at radius 2 is 2.09 bits per heavy atom. The molecule has 23 heavy (non-hydrogen) atoms. The highest BCUT2D eigenvalue weighted by Crippen LogP contribution is 2.42. The van der Waals surface area contributed by atoms with Gasteiger partial charge in [0.05, 0.1) is 40.6 Å². The van der Waals surface area contributed by atoms with E-state index in [1.165, 1.54) is 0 Å². The summed E-state index contributed by atoms with van der Waals surface area (Å²) in [5.74, 6) is -1.73. The van der Waals surface area contributed by atoms with Crippen LogP contribution in [-0.2, 0) is 4.79 Å². The molecule has 0 bridgehead atoms. The predicted molar refractivity (Wildman–Crippen MR) is 88.7 cm³/mol. The number of amides is 1. The van der Waals surface area contributed by atoms with Gasteiger partial charge in [-0.05, 0) is 11.6 Å². The quantitative estimate of drug-likeness (QED) is 0.755.